The third-order valence-electron chi connectivity index (χ3n) is 4.18. The predicted octanol–water partition coefficient (Wildman–Crippen LogP) is 3.13. The van der Waals surface area contributed by atoms with Crippen LogP contribution in [0.3, 0.4) is 0 Å². The Balaban J connectivity index is 1.62. The molecule has 0 aliphatic rings. The number of rotatable bonds is 6. The van der Waals surface area contributed by atoms with Gasteiger partial charge < -0.3 is 0 Å². The van der Waals surface area contributed by atoms with Crippen LogP contribution in [0.15, 0.2) is 71.5 Å². The van der Waals surface area contributed by atoms with Crippen LogP contribution in [0.4, 0.5) is 0 Å². The average Bonchev–Trinajstić information content (AvgIpc) is 3.10. The van der Waals surface area contributed by atoms with E-state index in [1.54, 1.807) is 35.1 Å². The number of hydrogen-bond donors (Lipinski definition) is 0. The minimum absolute atomic E-state index is 0.0886. The molecule has 0 aromatic carbocycles. The van der Waals surface area contributed by atoms with Gasteiger partial charge in [0.05, 0.1) is 5.69 Å². The van der Waals surface area contributed by atoms with Crippen molar-refractivity contribution in [2.75, 3.05) is 0 Å². The molecule has 0 atom stereocenters. The second-order valence-corrected chi connectivity index (χ2v) is 7.19. The molecule has 4 heterocycles. The lowest BCUT2D eigenvalue weighted by Gasteiger charge is -2.08. The van der Waals surface area contributed by atoms with Gasteiger partial charge in [-0.1, -0.05) is 23.9 Å². The summed E-state index contributed by atoms with van der Waals surface area (Å²) in [5.41, 5.74) is 3.21. The van der Waals surface area contributed by atoms with Crippen LogP contribution < -0.4 is 5.56 Å². The summed E-state index contributed by atoms with van der Waals surface area (Å²) < 4.78 is 3.55. The highest BCUT2D eigenvalue weighted by molar-refractivity contribution is 7.98. The van der Waals surface area contributed by atoms with Crippen molar-refractivity contribution in [3.05, 3.63) is 83.2 Å². The van der Waals surface area contributed by atoms with E-state index in [4.69, 9.17) is 0 Å². The van der Waals surface area contributed by atoms with Crippen LogP contribution in [-0.4, -0.2) is 29.1 Å². The Morgan fingerprint density at radius 1 is 1.18 bits per heavy atom. The molecule has 0 aliphatic heterocycles. The van der Waals surface area contributed by atoms with Gasteiger partial charge in [0.15, 0.2) is 11.0 Å². The van der Waals surface area contributed by atoms with Crippen molar-refractivity contribution in [1.29, 1.82) is 0 Å². The molecule has 0 N–H and O–H groups in total. The van der Waals surface area contributed by atoms with Gasteiger partial charge in [-0.05, 0) is 30.7 Å². The number of aryl methyl sites for hydroxylation is 1. The van der Waals surface area contributed by atoms with Gasteiger partial charge in [0.25, 0.3) is 5.56 Å². The molecule has 0 fully saturated rings. The molecule has 0 radical (unpaired) electrons. The number of aromatic nitrogens is 6. The zero-order chi connectivity index (χ0) is 19.5. The first-order valence-electron chi connectivity index (χ1n) is 8.72. The molecule has 7 nitrogen and oxygen atoms in total. The quantitative estimate of drug-likeness (QED) is 0.372. The maximum Gasteiger partial charge on any atom is 0.258 e. The lowest BCUT2D eigenvalue weighted by atomic mass is 10.2. The molecule has 28 heavy (non-hydrogen) atoms. The van der Waals surface area contributed by atoms with Crippen LogP contribution in [0.5, 0.6) is 0 Å². The zero-order valence-electron chi connectivity index (χ0n) is 15.3. The number of fused-ring (bicyclic) bond motifs is 1. The molecule has 0 unspecified atom stereocenters. The minimum Gasteiger partial charge on any atom is -0.298 e. The summed E-state index contributed by atoms with van der Waals surface area (Å²) in [6.07, 6.45) is 7.05. The Morgan fingerprint density at radius 3 is 2.79 bits per heavy atom. The number of hydrogen-bond acceptors (Lipinski definition) is 6. The van der Waals surface area contributed by atoms with Crippen molar-refractivity contribution < 1.29 is 0 Å². The molecule has 4 aromatic heterocycles. The molecular weight excluding hydrogens is 372 g/mol. The van der Waals surface area contributed by atoms with Gasteiger partial charge in [0.1, 0.15) is 5.65 Å². The lowest BCUT2D eigenvalue weighted by Crippen LogP contribution is -2.15. The molecule has 8 heteroatoms. The topological polar surface area (TPSA) is 78.0 Å². The summed E-state index contributed by atoms with van der Waals surface area (Å²) in [7, 11) is 0. The number of pyridine rings is 2. The largest absolute Gasteiger partial charge is 0.298 e. The molecule has 0 saturated carbocycles. The molecule has 0 spiro atoms. The number of thioether (sulfide) groups is 1. The van der Waals surface area contributed by atoms with Crippen molar-refractivity contribution in [2.45, 2.75) is 24.4 Å². The van der Waals surface area contributed by atoms with Crippen LogP contribution in [0, 0.1) is 6.92 Å². The van der Waals surface area contributed by atoms with Gasteiger partial charge in [-0.3, -0.25) is 18.7 Å². The molecule has 4 aromatic rings. The minimum atomic E-state index is -0.0886. The SMILES string of the molecule is C=CCn1c(SCc2cc(=O)n3cc(C)ccc3n2)nnc1-c1ccncc1. The van der Waals surface area contributed by atoms with E-state index in [2.05, 4.69) is 26.7 Å². The second-order valence-electron chi connectivity index (χ2n) is 6.25. The normalized spacial score (nSPS) is 11.0. The zero-order valence-corrected chi connectivity index (χ0v) is 16.1. The molecular formula is C20H18N6OS. The first-order chi connectivity index (χ1) is 13.7. The summed E-state index contributed by atoms with van der Waals surface area (Å²) in [5, 5.41) is 9.39. The van der Waals surface area contributed by atoms with E-state index in [-0.39, 0.29) is 5.56 Å². The lowest BCUT2D eigenvalue weighted by molar-refractivity contribution is 0.731. The second kappa shape index (κ2) is 7.77. The number of nitrogens with zero attached hydrogens (tertiary/aromatic N) is 6. The summed E-state index contributed by atoms with van der Waals surface area (Å²) >= 11 is 1.49. The third kappa shape index (κ3) is 3.59. The van der Waals surface area contributed by atoms with Crippen LogP contribution in [0.25, 0.3) is 17.0 Å². The van der Waals surface area contributed by atoms with Gasteiger partial charge in [-0.2, -0.15) is 0 Å². The molecule has 0 bridgehead atoms. The summed E-state index contributed by atoms with van der Waals surface area (Å²) in [5.74, 6) is 1.28. The number of allylic oxidation sites excluding steroid dienone is 1. The maximum atomic E-state index is 12.4. The smallest absolute Gasteiger partial charge is 0.258 e. The predicted molar refractivity (Wildman–Crippen MR) is 109 cm³/mol. The van der Waals surface area contributed by atoms with E-state index in [1.807, 2.05) is 35.8 Å². The van der Waals surface area contributed by atoms with Crippen LogP contribution in [-0.2, 0) is 12.3 Å². The molecule has 0 saturated heterocycles. The Hall–Kier alpha value is -3.26. The van der Waals surface area contributed by atoms with E-state index in [1.165, 1.54) is 11.8 Å². The molecule has 0 aliphatic carbocycles. The summed E-state index contributed by atoms with van der Waals surface area (Å²) in [6.45, 7) is 6.36. The first kappa shape index (κ1) is 18.1. The van der Waals surface area contributed by atoms with Gasteiger partial charge in [-0.25, -0.2) is 4.98 Å². The summed E-state index contributed by atoms with van der Waals surface area (Å²) in [4.78, 5) is 21.0. The van der Waals surface area contributed by atoms with Crippen molar-refractivity contribution in [3.63, 3.8) is 0 Å². The third-order valence-corrected chi connectivity index (χ3v) is 5.18. The van der Waals surface area contributed by atoms with E-state index >= 15 is 0 Å². The Bertz CT molecular complexity index is 1200. The van der Waals surface area contributed by atoms with Gasteiger partial charge >= 0.3 is 0 Å². The highest BCUT2D eigenvalue weighted by atomic mass is 32.2. The Kier molecular flexibility index (Phi) is 5.03. The van der Waals surface area contributed by atoms with Crippen molar-refractivity contribution in [3.8, 4) is 11.4 Å². The van der Waals surface area contributed by atoms with Crippen molar-refractivity contribution in [1.82, 2.24) is 29.1 Å². The highest BCUT2D eigenvalue weighted by Gasteiger charge is 2.14. The molecule has 4 rings (SSSR count). The van der Waals surface area contributed by atoms with Gasteiger partial charge in [-0.15, -0.1) is 16.8 Å². The van der Waals surface area contributed by atoms with Crippen molar-refractivity contribution in [2.24, 2.45) is 0 Å². The molecule has 0 amide bonds. The Morgan fingerprint density at radius 2 is 2.00 bits per heavy atom. The average molecular weight is 390 g/mol. The van der Waals surface area contributed by atoms with Crippen LogP contribution in [0.1, 0.15) is 11.3 Å². The van der Waals surface area contributed by atoms with Crippen molar-refractivity contribution >= 4 is 17.4 Å². The summed E-state index contributed by atoms with van der Waals surface area (Å²) in [6, 6.07) is 9.15. The van der Waals surface area contributed by atoms with Gasteiger partial charge in [0, 0.05) is 42.5 Å². The fourth-order valence-corrected chi connectivity index (χ4v) is 3.71. The van der Waals surface area contributed by atoms with E-state index < -0.39 is 0 Å². The highest BCUT2D eigenvalue weighted by Crippen LogP contribution is 2.25. The van der Waals surface area contributed by atoms with Crippen LogP contribution >= 0.6 is 11.8 Å². The maximum absolute atomic E-state index is 12.4. The molecule has 140 valence electrons. The van der Waals surface area contributed by atoms with E-state index in [0.717, 1.165) is 22.1 Å². The van der Waals surface area contributed by atoms with E-state index in [9.17, 15) is 4.79 Å². The van der Waals surface area contributed by atoms with Gasteiger partial charge in [0.2, 0.25) is 0 Å². The fourth-order valence-electron chi connectivity index (χ4n) is 2.87. The first-order valence-corrected chi connectivity index (χ1v) is 9.70. The fraction of sp³-hybridized carbons (Fsp3) is 0.150. The Labute approximate surface area is 165 Å². The van der Waals surface area contributed by atoms with E-state index in [0.29, 0.717) is 23.6 Å². The van der Waals surface area contributed by atoms with Crippen LogP contribution in [0.2, 0.25) is 0 Å². The standard InChI is InChI=1S/C20H18N6OS/c1-3-10-25-19(15-6-8-21-9-7-15)23-24-20(25)28-13-16-11-18(27)26-12-14(2)4-5-17(26)22-16/h3-9,11-12H,1,10,13H2,2H3. The monoisotopic (exact) mass is 390 g/mol.